The average molecular weight is 503 g/mol. The van der Waals surface area contributed by atoms with Crippen LogP contribution in [0, 0.1) is 5.92 Å². The van der Waals surface area contributed by atoms with Crippen molar-refractivity contribution in [1.29, 1.82) is 0 Å². The second-order valence-electron chi connectivity index (χ2n) is 8.80. The standard InChI is InChI=1S/C24H30N4O6S/c1-35(32,33)28-17-20(34-19-10-6-3-7-11-19)16-21(23(29)25-31)22(28)24(30)27-14-12-26(13-15-27)18-8-4-2-5-9-18/h2-11,20-22,31H,12-17H2,1H3,(H,25,29). The maximum Gasteiger partial charge on any atom is 0.248 e. The molecule has 2 aromatic carbocycles. The zero-order valence-electron chi connectivity index (χ0n) is 19.5. The van der Waals surface area contributed by atoms with E-state index in [0.717, 1.165) is 16.2 Å². The second-order valence-corrected chi connectivity index (χ2v) is 10.7. The first-order valence-electron chi connectivity index (χ1n) is 11.5. The van der Waals surface area contributed by atoms with Crippen molar-refractivity contribution in [2.24, 2.45) is 5.92 Å². The number of piperazine rings is 1. The summed E-state index contributed by atoms with van der Waals surface area (Å²) in [5, 5.41) is 9.38. The molecule has 11 heteroatoms. The number of hydrogen-bond acceptors (Lipinski definition) is 7. The smallest absolute Gasteiger partial charge is 0.248 e. The number of hydrogen-bond donors (Lipinski definition) is 2. The summed E-state index contributed by atoms with van der Waals surface area (Å²) in [6, 6.07) is 17.4. The van der Waals surface area contributed by atoms with Crippen molar-refractivity contribution in [3.8, 4) is 5.75 Å². The van der Waals surface area contributed by atoms with Crippen molar-refractivity contribution in [3.63, 3.8) is 0 Å². The van der Waals surface area contributed by atoms with E-state index in [-0.39, 0.29) is 13.0 Å². The maximum atomic E-state index is 13.6. The number of sulfonamides is 1. The highest BCUT2D eigenvalue weighted by Crippen LogP contribution is 2.31. The lowest BCUT2D eigenvalue weighted by molar-refractivity contribution is -0.148. The van der Waals surface area contributed by atoms with Crippen molar-refractivity contribution in [2.75, 3.05) is 43.9 Å². The van der Waals surface area contributed by atoms with Crippen LogP contribution in [0.25, 0.3) is 0 Å². The second kappa shape index (κ2) is 10.6. The number of benzene rings is 2. The Hall–Kier alpha value is -3.15. The van der Waals surface area contributed by atoms with E-state index < -0.39 is 39.9 Å². The lowest BCUT2D eigenvalue weighted by Gasteiger charge is -2.44. The maximum absolute atomic E-state index is 13.6. The molecule has 4 rings (SSSR count). The van der Waals surface area contributed by atoms with Crippen molar-refractivity contribution in [1.82, 2.24) is 14.7 Å². The number of ether oxygens (including phenoxy) is 1. The van der Waals surface area contributed by atoms with Crippen LogP contribution >= 0.6 is 0 Å². The van der Waals surface area contributed by atoms with Crippen LogP contribution in [0.4, 0.5) is 5.69 Å². The van der Waals surface area contributed by atoms with Gasteiger partial charge in [-0.2, -0.15) is 4.31 Å². The van der Waals surface area contributed by atoms with Gasteiger partial charge in [-0.25, -0.2) is 13.9 Å². The predicted molar refractivity (Wildman–Crippen MR) is 129 cm³/mol. The number of nitrogens with one attached hydrogen (secondary N) is 1. The molecule has 10 nitrogen and oxygen atoms in total. The van der Waals surface area contributed by atoms with E-state index in [1.807, 2.05) is 36.4 Å². The van der Waals surface area contributed by atoms with Crippen LogP contribution in [-0.2, 0) is 19.6 Å². The Bertz CT molecular complexity index is 1120. The molecule has 35 heavy (non-hydrogen) atoms. The third-order valence-electron chi connectivity index (χ3n) is 6.48. The van der Waals surface area contributed by atoms with Gasteiger partial charge in [0.1, 0.15) is 17.9 Å². The highest BCUT2D eigenvalue weighted by atomic mass is 32.2. The first kappa shape index (κ1) is 25.0. The number of amides is 2. The normalized spacial score (nSPS) is 23.5. The number of anilines is 1. The minimum absolute atomic E-state index is 0.0771. The van der Waals surface area contributed by atoms with E-state index in [9.17, 15) is 23.2 Å². The molecule has 2 aliphatic heterocycles. The summed E-state index contributed by atoms with van der Waals surface area (Å²) in [6.07, 6.45) is 0.418. The van der Waals surface area contributed by atoms with Gasteiger partial charge in [-0.15, -0.1) is 0 Å². The lowest BCUT2D eigenvalue weighted by atomic mass is 9.87. The van der Waals surface area contributed by atoms with E-state index in [1.165, 1.54) is 0 Å². The topological polar surface area (TPSA) is 119 Å². The molecule has 2 N–H and O–H groups in total. The monoisotopic (exact) mass is 502 g/mol. The summed E-state index contributed by atoms with van der Waals surface area (Å²) < 4.78 is 32.5. The third-order valence-corrected chi connectivity index (χ3v) is 7.70. The third kappa shape index (κ3) is 5.75. The highest BCUT2D eigenvalue weighted by molar-refractivity contribution is 7.88. The molecule has 2 saturated heterocycles. The zero-order chi connectivity index (χ0) is 25.0. The summed E-state index contributed by atoms with van der Waals surface area (Å²) >= 11 is 0. The number of hydroxylamine groups is 1. The van der Waals surface area contributed by atoms with E-state index in [0.29, 0.717) is 31.9 Å². The van der Waals surface area contributed by atoms with Gasteiger partial charge in [0.25, 0.3) is 0 Å². The van der Waals surface area contributed by atoms with Gasteiger partial charge in [0, 0.05) is 31.9 Å². The molecule has 3 atom stereocenters. The summed E-state index contributed by atoms with van der Waals surface area (Å²) in [5.41, 5.74) is 2.66. The summed E-state index contributed by atoms with van der Waals surface area (Å²) in [4.78, 5) is 30.1. The summed E-state index contributed by atoms with van der Waals surface area (Å²) in [7, 11) is -3.88. The molecule has 3 unspecified atom stereocenters. The molecule has 2 heterocycles. The van der Waals surface area contributed by atoms with E-state index in [2.05, 4.69) is 4.90 Å². The fourth-order valence-electron chi connectivity index (χ4n) is 4.76. The largest absolute Gasteiger partial charge is 0.489 e. The van der Waals surface area contributed by atoms with E-state index >= 15 is 0 Å². The van der Waals surface area contributed by atoms with Crippen molar-refractivity contribution in [2.45, 2.75) is 18.6 Å². The number of para-hydroxylation sites is 2. The molecular weight excluding hydrogens is 472 g/mol. The fraction of sp³-hybridized carbons (Fsp3) is 0.417. The SMILES string of the molecule is CS(=O)(=O)N1CC(Oc2ccccc2)CC(C(=O)NO)C1C(=O)N1CCN(c2ccccc2)CC1. The van der Waals surface area contributed by atoms with Gasteiger partial charge in [-0.3, -0.25) is 14.8 Å². The van der Waals surface area contributed by atoms with E-state index in [1.54, 1.807) is 34.6 Å². The van der Waals surface area contributed by atoms with Gasteiger partial charge in [0.2, 0.25) is 21.8 Å². The lowest BCUT2D eigenvalue weighted by Crippen LogP contribution is -2.64. The van der Waals surface area contributed by atoms with Crippen LogP contribution in [-0.4, -0.2) is 85.8 Å². The molecule has 188 valence electrons. The molecule has 0 bridgehead atoms. The minimum Gasteiger partial charge on any atom is -0.489 e. The molecule has 0 radical (unpaired) electrons. The Labute approximate surface area is 205 Å². The van der Waals surface area contributed by atoms with Crippen LogP contribution in [0.2, 0.25) is 0 Å². The first-order chi connectivity index (χ1) is 16.8. The average Bonchev–Trinajstić information content (AvgIpc) is 2.88. The minimum atomic E-state index is -3.88. The number of rotatable bonds is 6. The van der Waals surface area contributed by atoms with Crippen molar-refractivity contribution in [3.05, 3.63) is 60.7 Å². The Morgan fingerprint density at radius 2 is 1.57 bits per heavy atom. The van der Waals surface area contributed by atoms with Gasteiger partial charge < -0.3 is 14.5 Å². The van der Waals surface area contributed by atoms with Crippen molar-refractivity contribution < 1.29 is 28.0 Å². The molecule has 2 aromatic rings. The molecule has 0 saturated carbocycles. The fourth-order valence-corrected chi connectivity index (χ4v) is 5.85. The van der Waals surface area contributed by atoms with Gasteiger partial charge in [-0.05, 0) is 30.7 Å². The van der Waals surface area contributed by atoms with Gasteiger partial charge in [0.15, 0.2) is 0 Å². The highest BCUT2D eigenvalue weighted by Gasteiger charge is 2.49. The van der Waals surface area contributed by atoms with Crippen LogP contribution in [0.15, 0.2) is 60.7 Å². The number of carbonyl (C=O) groups is 2. The molecule has 0 aliphatic carbocycles. The number of piperidine rings is 1. The number of carbonyl (C=O) groups excluding carboxylic acids is 2. The molecule has 2 aliphatic rings. The Balaban J connectivity index is 1.55. The van der Waals surface area contributed by atoms with Gasteiger partial charge in [-0.1, -0.05) is 36.4 Å². The quantitative estimate of drug-likeness (QED) is 0.446. The molecule has 2 fully saturated rings. The Kier molecular flexibility index (Phi) is 7.58. The Morgan fingerprint density at radius 1 is 0.971 bits per heavy atom. The van der Waals surface area contributed by atoms with Gasteiger partial charge in [0.05, 0.1) is 18.7 Å². The molecule has 2 amide bonds. The van der Waals surface area contributed by atoms with Crippen LogP contribution < -0.4 is 15.1 Å². The molecule has 0 spiro atoms. The van der Waals surface area contributed by atoms with Crippen molar-refractivity contribution >= 4 is 27.5 Å². The number of nitrogens with zero attached hydrogens (tertiary/aromatic N) is 3. The summed E-state index contributed by atoms with van der Waals surface area (Å²) in [5.74, 6) is -1.86. The van der Waals surface area contributed by atoms with Crippen LogP contribution in [0.1, 0.15) is 6.42 Å². The predicted octanol–water partition coefficient (Wildman–Crippen LogP) is 0.938. The molecule has 0 aromatic heterocycles. The van der Waals surface area contributed by atoms with Crippen LogP contribution in [0.5, 0.6) is 5.75 Å². The van der Waals surface area contributed by atoms with Crippen LogP contribution in [0.3, 0.4) is 0 Å². The Morgan fingerprint density at radius 3 is 2.14 bits per heavy atom. The summed E-state index contributed by atoms with van der Waals surface area (Å²) in [6.45, 7) is 1.86. The van der Waals surface area contributed by atoms with Gasteiger partial charge >= 0.3 is 0 Å². The van der Waals surface area contributed by atoms with E-state index in [4.69, 9.17) is 4.74 Å². The zero-order valence-corrected chi connectivity index (χ0v) is 20.3. The first-order valence-corrected chi connectivity index (χ1v) is 13.3. The molecular formula is C24H30N4O6S.